The lowest BCUT2D eigenvalue weighted by molar-refractivity contribution is -0.120. The van der Waals surface area contributed by atoms with E-state index < -0.39 is 0 Å². The molecule has 18 heavy (non-hydrogen) atoms. The minimum Gasteiger partial charge on any atom is -0.355 e. The number of carbonyl (C=O) groups excluding carboxylic acids is 1. The SMILES string of the molecule is CCCNC(=O)CNC(CC#N)c1ccccc1. The first-order valence-electron chi connectivity index (χ1n) is 6.20. The number of hydrogen-bond donors (Lipinski definition) is 2. The Morgan fingerprint density at radius 3 is 2.72 bits per heavy atom. The van der Waals surface area contributed by atoms with Crippen LogP contribution in [-0.2, 0) is 4.79 Å². The summed E-state index contributed by atoms with van der Waals surface area (Å²) >= 11 is 0. The van der Waals surface area contributed by atoms with Crippen molar-refractivity contribution in [2.24, 2.45) is 0 Å². The van der Waals surface area contributed by atoms with E-state index in [9.17, 15) is 4.79 Å². The van der Waals surface area contributed by atoms with Gasteiger partial charge in [-0.15, -0.1) is 0 Å². The van der Waals surface area contributed by atoms with Crippen LogP contribution in [0.3, 0.4) is 0 Å². The van der Waals surface area contributed by atoms with Crippen molar-refractivity contribution in [1.29, 1.82) is 5.26 Å². The molecule has 0 aliphatic heterocycles. The van der Waals surface area contributed by atoms with Gasteiger partial charge >= 0.3 is 0 Å². The number of hydrogen-bond acceptors (Lipinski definition) is 3. The fourth-order valence-electron chi connectivity index (χ4n) is 1.63. The van der Waals surface area contributed by atoms with Crippen LogP contribution >= 0.6 is 0 Å². The standard InChI is InChI=1S/C14H19N3O/c1-2-10-16-14(18)11-17-13(8-9-15)12-6-4-3-5-7-12/h3-7,13,17H,2,8,10-11H2,1H3,(H,16,18). The predicted octanol–water partition coefficient (Wildman–Crippen LogP) is 1.76. The van der Waals surface area contributed by atoms with Crippen LogP contribution in [0.25, 0.3) is 0 Å². The maximum Gasteiger partial charge on any atom is 0.233 e. The fourth-order valence-corrected chi connectivity index (χ4v) is 1.63. The topological polar surface area (TPSA) is 64.9 Å². The molecule has 96 valence electrons. The molecule has 0 aromatic heterocycles. The van der Waals surface area contributed by atoms with E-state index in [0.29, 0.717) is 13.0 Å². The summed E-state index contributed by atoms with van der Waals surface area (Å²) in [7, 11) is 0. The predicted molar refractivity (Wildman–Crippen MR) is 70.7 cm³/mol. The van der Waals surface area contributed by atoms with Gasteiger partial charge < -0.3 is 10.6 Å². The summed E-state index contributed by atoms with van der Waals surface area (Å²) < 4.78 is 0. The monoisotopic (exact) mass is 245 g/mol. The van der Waals surface area contributed by atoms with E-state index in [1.165, 1.54) is 0 Å². The first-order valence-corrected chi connectivity index (χ1v) is 6.20. The Labute approximate surface area is 108 Å². The number of nitriles is 1. The summed E-state index contributed by atoms with van der Waals surface area (Å²) in [5, 5.41) is 14.7. The Bertz CT molecular complexity index is 397. The lowest BCUT2D eigenvalue weighted by Gasteiger charge is -2.16. The molecule has 1 aromatic rings. The number of nitrogens with one attached hydrogen (secondary N) is 2. The van der Waals surface area contributed by atoms with Gasteiger partial charge in [0.25, 0.3) is 0 Å². The minimum absolute atomic E-state index is 0.0317. The van der Waals surface area contributed by atoms with Crippen molar-refractivity contribution in [3.63, 3.8) is 0 Å². The van der Waals surface area contributed by atoms with Crippen LogP contribution in [0.2, 0.25) is 0 Å². The largest absolute Gasteiger partial charge is 0.355 e. The average molecular weight is 245 g/mol. The molecule has 0 fully saturated rings. The molecular formula is C14H19N3O. The molecule has 1 aromatic carbocycles. The molecule has 0 saturated carbocycles. The van der Waals surface area contributed by atoms with Crippen LogP contribution in [0.1, 0.15) is 31.4 Å². The molecule has 1 atom stereocenters. The van der Waals surface area contributed by atoms with E-state index in [1.807, 2.05) is 37.3 Å². The van der Waals surface area contributed by atoms with Crippen molar-refractivity contribution in [2.45, 2.75) is 25.8 Å². The number of rotatable bonds is 7. The lowest BCUT2D eigenvalue weighted by atomic mass is 10.0. The Balaban J connectivity index is 2.49. The summed E-state index contributed by atoms with van der Waals surface area (Å²) in [6.07, 6.45) is 1.27. The van der Waals surface area contributed by atoms with Crippen molar-refractivity contribution in [2.75, 3.05) is 13.1 Å². The van der Waals surface area contributed by atoms with Crippen molar-refractivity contribution in [3.05, 3.63) is 35.9 Å². The van der Waals surface area contributed by atoms with Gasteiger partial charge in [-0.05, 0) is 12.0 Å². The third-order valence-corrected chi connectivity index (χ3v) is 2.58. The maximum atomic E-state index is 11.5. The Morgan fingerprint density at radius 1 is 1.39 bits per heavy atom. The molecule has 0 saturated heterocycles. The quantitative estimate of drug-likeness (QED) is 0.769. The molecular weight excluding hydrogens is 226 g/mol. The molecule has 4 heteroatoms. The smallest absolute Gasteiger partial charge is 0.233 e. The molecule has 4 nitrogen and oxygen atoms in total. The first kappa shape index (κ1) is 14.2. The third kappa shape index (κ3) is 4.98. The zero-order chi connectivity index (χ0) is 13.2. The highest BCUT2D eigenvalue weighted by atomic mass is 16.1. The summed E-state index contributed by atoms with van der Waals surface area (Å²) in [6, 6.07) is 11.7. The van der Waals surface area contributed by atoms with Crippen LogP contribution in [0.5, 0.6) is 0 Å². The first-order chi connectivity index (χ1) is 8.77. The molecule has 0 spiro atoms. The number of carbonyl (C=O) groups is 1. The molecule has 0 aliphatic carbocycles. The molecule has 1 unspecified atom stereocenters. The zero-order valence-corrected chi connectivity index (χ0v) is 10.6. The second-order valence-electron chi connectivity index (χ2n) is 4.06. The average Bonchev–Trinajstić information content (AvgIpc) is 2.42. The highest BCUT2D eigenvalue weighted by Gasteiger charge is 2.11. The molecule has 2 N–H and O–H groups in total. The van der Waals surface area contributed by atoms with E-state index >= 15 is 0 Å². The van der Waals surface area contributed by atoms with Gasteiger partial charge in [-0.1, -0.05) is 37.3 Å². The lowest BCUT2D eigenvalue weighted by Crippen LogP contribution is -2.36. The second-order valence-corrected chi connectivity index (χ2v) is 4.06. The summed E-state index contributed by atoms with van der Waals surface area (Å²) in [5.74, 6) is -0.0317. The highest BCUT2D eigenvalue weighted by molar-refractivity contribution is 5.78. The number of nitrogens with zero attached hydrogens (tertiary/aromatic N) is 1. The van der Waals surface area contributed by atoms with E-state index in [0.717, 1.165) is 12.0 Å². The zero-order valence-electron chi connectivity index (χ0n) is 10.6. The molecule has 0 bridgehead atoms. The van der Waals surface area contributed by atoms with Crippen molar-refractivity contribution >= 4 is 5.91 Å². The Hall–Kier alpha value is -1.86. The normalized spacial score (nSPS) is 11.6. The number of amides is 1. The summed E-state index contributed by atoms with van der Waals surface area (Å²) in [5.41, 5.74) is 1.03. The van der Waals surface area contributed by atoms with Gasteiger partial charge in [0.2, 0.25) is 5.91 Å². The van der Waals surface area contributed by atoms with Gasteiger partial charge in [-0.3, -0.25) is 4.79 Å². The van der Waals surface area contributed by atoms with Gasteiger partial charge in [0.1, 0.15) is 0 Å². The Morgan fingerprint density at radius 2 is 2.11 bits per heavy atom. The van der Waals surface area contributed by atoms with Gasteiger partial charge in [0.15, 0.2) is 0 Å². The van der Waals surface area contributed by atoms with Crippen LogP contribution in [-0.4, -0.2) is 19.0 Å². The molecule has 0 aliphatic rings. The minimum atomic E-state index is -0.0939. The van der Waals surface area contributed by atoms with E-state index in [2.05, 4.69) is 16.7 Å². The van der Waals surface area contributed by atoms with Crippen LogP contribution in [0.4, 0.5) is 0 Å². The molecule has 0 heterocycles. The second kappa shape index (κ2) is 8.26. The van der Waals surface area contributed by atoms with Gasteiger partial charge in [-0.2, -0.15) is 5.26 Å². The van der Waals surface area contributed by atoms with Gasteiger partial charge in [-0.25, -0.2) is 0 Å². The van der Waals surface area contributed by atoms with Gasteiger partial charge in [0.05, 0.1) is 19.0 Å². The van der Waals surface area contributed by atoms with Crippen LogP contribution in [0.15, 0.2) is 30.3 Å². The van der Waals surface area contributed by atoms with Crippen molar-refractivity contribution in [3.8, 4) is 6.07 Å². The van der Waals surface area contributed by atoms with E-state index in [1.54, 1.807) is 0 Å². The van der Waals surface area contributed by atoms with Crippen molar-refractivity contribution in [1.82, 2.24) is 10.6 Å². The summed E-state index contributed by atoms with van der Waals surface area (Å²) in [6.45, 7) is 2.94. The van der Waals surface area contributed by atoms with Crippen LogP contribution in [0, 0.1) is 11.3 Å². The molecule has 1 amide bonds. The van der Waals surface area contributed by atoms with Gasteiger partial charge in [0, 0.05) is 12.6 Å². The maximum absolute atomic E-state index is 11.5. The van der Waals surface area contributed by atoms with Crippen molar-refractivity contribution < 1.29 is 4.79 Å². The van der Waals surface area contributed by atoms with E-state index in [4.69, 9.17) is 5.26 Å². The summed E-state index contributed by atoms with van der Waals surface area (Å²) in [4.78, 5) is 11.5. The third-order valence-electron chi connectivity index (χ3n) is 2.58. The highest BCUT2D eigenvalue weighted by Crippen LogP contribution is 2.15. The number of benzene rings is 1. The Kier molecular flexibility index (Phi) is 6.52. The fraction of sp³-hybridized carbons (Fsp3) is 0.429. The molecule has 1 rings (SSSR count). The van der Waals surface area contributed by atoms with Crippen LogP contribution < -0.4 is 10.6 Å². The van der Waals surface area contributed by atoms with E-state index in [-0.39, 0.29) is 18.5 Å². The molecule has 0 radical (unpaired) electrons.